The fourth-order valence-electron chi connectivity index (χ4n) is 3.89. The third-order valence-electron chi connectivity index (χ3n) is 5.36. The minimum absolute atomic E-state index is 0.0386. The smallest absolute Gasteiger partial charge is 0.257 e. The molecule has 8 nitrogen and oxygen atoms in total. The molecular weight excluding hydrogens is 400 g/mol. The number of ether oxygens (including phenoxy) is 4. The van der Waals surface area contributed by atoms with Gasteiger partial charge in [-0.3, -0.25) is 9.59 Å². The third-order valence-corrected chi connectivity index (χ3v) is 5.36. The SMILES string of the molecule is COc1c2c(c(CNC(=O)c3ccc(OC(C)C)cc3)c3c1C(=O)N(C)CC3)OCO2. The first-order valence-corrected chi connectivity index (χ1v) is 10.2. The number of carbonyl (C=O) groups excluding carboxylic acids is 2. The van der Waals surface area contributed by atoms with Gasteiger partial charge in [0.25, 0.3) is 11.8 Å². The number of amides is 2. The van der Waals surface area contributed by atoms with Gasteiger partial charge in [0, 0.05) is 31.3 Å². The van der Waals surface area contributed by atoms with Crippen LogP contribution in [0.2, 0.25) is 0 Å². The van der Waals surface area contributed by atoms with E-state index in [9.17, 15) is 9.59 Å². The van der Waals surface area contributed by atoms with Crippen LogP contribution >= 0.6 is 0 Å². The van der Waals surface area contributed by atoms with Crippen LogP contribution < -0.4 is 24.3 Å². The summed E-state index contributed by atoms with van der Waals surface area (Å²) in [6.45, 7) is 4.72. The van der Waals surface area contributed by atoms with E-state index in [2.05, 4.69) is 5.32 Å². The van der Waals surface area contributed by atoms with Crippen LogP contribution in [0.1, 0.15) is 45.7 Å². The minimum atomic E-state index is -0.229. The Kier molecular flexibility index (Phi) is 5.63. The highest BCUT2D eigenvalue weighted by Crippen LogP contribution is 2.49. The zero-order valence-electron chi connectivity index (χ0n) is 18.1. The Morgan fingerprint density at radius 3 is 2.58 bits per heavy atom. The molecule has 0 fully saturated rings. The van der Waals surface area contributed by atoms with E-state index in [1.807, 2.05) is 13.8 Å². The van der Waals surface area contributed by atoms with Gasteiger partial charge in [-0.25, -0.2) is 0 Å². The van der Waals surface area contributed by atoms with Gasteiger partial charge in [0.05, 0.1) is 18.8 Å². The summed E-state index contributed by atoms with van der Waals surface area (Å²) in [4.78, 5) is 27.3. The molecule has 2 aliphatic rings. The molecule has 0 unspecified atom stereocenters. The summed E-state index contributed by atoms with van der Waals surface area (Å²) in [5.74, 6) is 1.66. The number of rotatable bonds is 6. The van der Waals surface area contributed by atoms with E-state index >= 15 is 0 Å². The molecule has 2 amide bonds. The largest absolute Gasteiger partial charge is 0.492 e. The highest BCUT2D eigenvalue weighted by atomic mass is 16.7. The Labute approximate surface area is 181 Å². The lowest BCUT2D eigenvalue weighted by Gasteiger charge is -2.29. The summed E-state index contributed by atoms with van der Waals surface area (Å²) in [6.07, 6.45) is 0.698. The van der Waals surface area contributed by atoms with Crippen molar-refractivity contribution in [1.82, 2.24) is 10.2 Å². The molecule has 8 heteroatoms. The minimum Gasteiger partial charge on any atom is -0.492 e. The van der Waals surface area contributed by atoms with Crippen molar-refractivity contribution in [2.24, 2.45) is 0 Å². The van der Waals surface area contributed by atoms with Crippen molar-refractivity contribution < 1.29 is 28.5 Å². The number of fused-ring (bicyclic) bond motifs is 2. The maximum Gasteiger partial charge on any atom is 0.257 e. The van der Waals surface area contributed by atoms with E-state index in [1.165, 1.54) is 7.11 Å². The number of hydrogen-bond donors (Lipinski definition) is 1. The molecule has 4 rings (SSSR count). The summed E-state index contributed by atoms with van der Waals surface area (Å²) in [7, 11) is 3.26. The molecule has 2 heterocycles. The molecule has 0 spiro atoms. The molecule has 1 N–H and O–H groups in total. The molecule has 2 aromatic carbocycles. The first kappa shape index (κ1) is 20.8. The first-order valence-electron chi connectivity index (χ1n) is 10.2. The van der Waals surface area contributed by atoms with Crippen LogP contribution in [0.25, 0.3) is 0 Å². The normalized spacial score (nSPS) is 14.5. The van der Waals surface area contributed by atoms with E-state index in [4.69, 9.17) is 18.9 Å². The van der Waals surface area contributed by atoms with Crippen LogP contribution in [0.15, 0.2) is 24.3 Å². The highest BCUT2D eigenvalue weighted by molar-refractivity contribution is 6.01. The quantitative estimate of drug-likeness (QED) is 0.765. The molecule has 0 bridgehead atoms. The summed E-state index contributed by atoms with van der Waals surface area (Å²) in [5, 5.41) is 2.94. The van der Waals surface area contributed by atoms with Crippen molar-refractivity contribution in [2.45, 2.75) is 32.9 Å². The molecule has 0 aromatic heterocycles. The van der Waals surface area contributed by atoms with E-state index in [-0.39, 0.29) is 31.3 Å². The molecule has 0 atom stereocenters. The van der Waals surface area contributed by atoms with Crippen molar-refractivity contribution in [2.75, 3.05) is 27.5 Å². The van der Waals surface area contributed by atoms with Gasteiger partial charge in [-0.1, -0.05) is 0 Å². The predicted octanol–water partition coefficient (Wildman–Crippen LogP) is 2.77. The van der Waals surface area contributed by atoms with E-state index in [0.717, 1.165) is 11.1 Å². The number of nitrogens with zero attached hydrogens (tertiary/aromatic N) is 1. The van der Waals surface area contributed by atoms with Crippen LogP contribution in [-0.4, -0.2) is 50.3 Å². The molecular formula is C23H26N2O6. The third kappa shape index (κ3) is 3.85. The lowest BCUT2D eigenvalue weighted by atomic mass is 9.91. The molecule has 0 saturated heterocycles. The Hall–Kier alpha value is -3.42. The number of nitrogens with one attached hydrogen (secondary N) is 1. The topological polar surface area (TPSA) is 86.3 Å². The maximum absolute atomic E-state index is 12.9. The molecule has 164 valence electrons. The molecule has 2 aromatic rings. The molecule has 0 radical (unpaired) electrons. The van der Waals surface area contributed by atoms with Gasteiger partial charge in [0.1, 0.15) is 5.75 Å². The summed E-state index contributed by atoms with van der Waals surface area (Å²) in [5.41, 5.74) is 2.56. The zero-order valence-corrected chi connectivity index (χ0v) is 18.1. The van der Waals surface area contributed by atoms with Crippen molar-refractivity contribution in [3.05, 3.63) is 46.5 Å². The van der Waals surface area contributed by atoms with Gasteiger partial charge in [-0.2, -0.15) is 0 Å². The second-order valence-electron chi connectivity index (χ2n) is 7.78. The second-order valence-corrected chi connectivity index (χ2v) is 7.78. The number of benzene rings is 2. The Morgan fingerprint density at radius 1 is 1.19 bits per heavy atom. The Morgan fingerprint density at radius 2 is 1.90 bits per heavy atom. The summed E-state index contributed by atoms with van der Waals surface area (Å²) >= 11 is 0. The van der Waals surface area contributed by atoms with Gasteiger partial charge in [-0.15, -0.1) is 0 Å². The van der Waals surface area contributed by atoms with Crippen LogP contribution in [0.3, 0.4) is 0 Å². The Bertz CT molecular complexity index is 1020. The predicted molar refractivity (Wildman–Crippen MR) is 113 cm³/mol. The van der Waals surface area contributed by atoms with E-state index in [0.29, 0.717) is 47.1 Å². The summed E-state index contributed by atoms with van der Waals surface area (Å²) < 4.78 is 22.4. The fourth-order valence-corrected chi connectivity index (χ4v) is 3.89. The van der Waals surface area contributed by atoms with Crippen LogP contribution in [-0.2, 0) is 13.0 Å². The Balaban J connectivity index is 1.61. The van der Waals surface area contributed by atoms with Crippen molar-refractivity contribution in [3.63, 3.8) is 0 Å². The van der Waals surface area contributed by atoms with Crippen molar-refractivity contribution in [3.8, 4) is 23.0 Å². The van der Waals surface area contributed by atoms with Crippen molar-refractivity contribution >= 4 is 11.8 Å². The number of likely N-dealkylation sites (N-methyl/N-ethyl adjacent to an activating group) is 1. The number of carbonyl (C=O) groups is 2. The first-order chi connectivity index (χ1) is 14.9. The van der Waals surface area contributed by atoms with Crippen LogP contribution in [0, 0.1) is 0 Å². The average Bonchev–Trinajstić information content (AvgIpc) is 3.23. The van der Waals surface area contributed by atoms with Gasteiger partial charge in [0.2, 0.25) is 12.5 Å². The summed E-state index contributed by atoms with van der Waals surface area (Å²) in [6, 6.07) is 6.98. The van der Waals surface area contributed by atoms with Gasteiger partial charge in [-0.05, 0) is 50.1 Å². The molecule has 31 heavy (non-hydrogen) atoms. The second kappa shape index (κ2) is 8.37. The van der Waals surface area contributed by atoms with Crippen LogP contribution in [0.4, 0.5) is 0 Å². The molecule has 0 aliphatic carbocycles. The van der Waals surface area contributed by atoms with Crippen molar-refractivity contribution in [1.29, 1.82) is 0 Å². The lowest BCUT2D eigenvalue weighted by molar-refractivity contribution is 0.0775. The van der Waals surface area contributed by atoms with Gasteiger partial charge < -0.3 is 29.2 Å². The lowest BCUT2D eigenvalue weighted by Crippen LogP contribution is -2.36. The molecule has 0 saturated carbocycles. The van der Waals surface area contributed by atoms with Gasteiger partial charge >= 0.3 is 0 Å². The van der Waals surface area contributed by atoms with Crippen LogP contribution in [0.5, 0.6) is 23.0 Å². The molecule has 2 aliphatic heterocycles. The average molecular weight is 426 g/mol. The van der Waals surface area contributed by atoms with E-state index in [1.54, 1.807) is 36.2 Å². The standard InChI is InChI=1S/C23H26N2O6/c1-13(2)31-15-7-5-14(6-8-15)22(26)24-11-17-16-9-10-25(3)23(27)18(16)20(28-4)21-19(17)29-12-30-21/h5-8,13H,9-12H2,1-4H3,(H,24,26). The number of methoxy groups -OCH3 is 1. The highest BCUT2D eigenvalue weighted by Gasteiger charge is 2.36. The monoisotopic (exact) mass is 426 g/mol. The fraction of sp³-hybridized carbons (Fsp3) is 0.391. The van der Waals surface area contributed by atoms with E-state index < -0.39 is 0 Å². The van der Waals surface area contributed by atoms with Gasteiger partial charge in [0.15, 0.2) is 11.5 Å². The number of hydrogen-bond acceptors (Lipinski definition) is 6. The zero-order chi connectivity index (χ0) is 22.1. The maximum atomic E-state index is 12.9.